The molecule has 0 spiro atoms. The molecule has 4 rings (SSSR count). The molecule has 3 heterocycles. The van der Waals surface area contributed by atoms with Gasteiger partial charge in [0.25, 0.3) is 0 Å². The van der Waals surface area contributed by atoms with Crippen LogP contribution in [0.2, 0.25) is 0 Å². The highest BCUT2D eigenvalue weighted by atomic mass is 16.2. The molecule has 2 saturated heterocycles. The maximum Gasteiger partial charge on any atom is 0.228 e. The van der Waals surface area contributed by atoms with Crippen molar-refractivity contribution in [2.45, 2.75) is 19.9 Å². The normalized spacial score (nSPS) is 20.6. The smallest absolute Gasteiger partial charge is 0.228 e. The predicted molar refractivity (Wildman–Crippen MR) is 107 cm³/mol. The van der Waals surface area contributed by atoms with Gasteiger partial charge in [-0.15, -0.1) is 0 Å². The lowest BCUT2D eigenvalue weighted by Crippen LogP contribution is -3.13. The summed E-state index contributed by atoms with van der Waals surface area (Å²) < 4.78 is 0. The van der Waals surface area contributed by atoms with Crippen LogP contribution in [0.1, 0.15) is 17.5 Å². The van der Waals surface area contributed by atoms with Gasteiger partial charge in [-0.2, -0.15) is 0 Å². The lowest BCUT2D eigenvalue weighted by atomic mass is 10.1. The summed E-state index contributed by atoms with van der Waals surface area (Å²) in [4.78, 5) is 34.7. The van der Waals surface area contributed by atoms with E-state index in [2.05, 4.69) is 4.98 Å². The predicted octanol–water partition coefficient (Wildman–Crippen LogP) is 0.670. The van der Waals surface area contributed by atoms with Crippen molar-refractivity contribution < 1.29 is 14.5 Å². The number of hydrogen-bond donors (Lipinski definition) is 1. The van der Waals surface area contributed by atoms with Gasteiger partial charge in [0.1, 0.15) is 6.54 Å². The van der Waals surface area contributed by atoms with E-state index >= 15 is 0 Å². The molecule has 1 aromatic heterocycles. The zero-order chi connectivity index (χ0) is 19.5. The average Bonchev–Trinajstić information content (AvgIpc) is 3.11. The van der Waals surface area contributed by atoms with Crippen molar-refractivity contribution in [3.8, 4) is 0 Å². The van der Waals surface area contributed by atoms with Gasteiger partial charge in [-0.1, -0.05) is 17.7 Å². The molecule has 0 saturated carbocycles. The number of nitrogens with one attached hydrogen (secondary N) is 1. The summed E-state index contributed by atoms with van der Waals surface area (Å²) in [6.07, 6.45) is 3.97. The van der Waals surface area contributed by atoms with Gasteiger partial charge in [0.2, 0.25) is 11.8 Å². The Balaban J connectivity index is 1.32. The van der Waals surface area contributed by atoms with Gasteiger partial charge in [-0.05, 0) is 31.2 Å². The Morgan fingerprint density at radius 1 is 1.11 bits per heavy atom. The van der Waals surface area contributed by atoms with E-state index in [-0.39, 0.29) is 17.7 Å². The first-order valence-corrected chi connectivity index (χ1v) is 9.98. The molecule has 1 N–H and O–H groups in total. The zero-order valence-electron chi connectivity index (χ0n) is 16.3. The molecule has 28 heavy (non-hydrogen) atoms. The molecule has 0 radical (unpaired) electrons. The summed E-state index contributed by atoms with van der Waals surface area (Å²) in [5.74, 6) is -0.0503. The largest absolute Gasteiger partial charge is 0.331 e. The molecule has 2 amide bonds. The van der Waals surface area contributed by atoms with Crippen LogP contribution in [0.4, 0.5) is 5.69 Å². The fourth-order valence-electron chi connectivity index (χ4n) is 4.11. The van der Waals surface area contributed by atoms with E-state index in [9.17, 15) is 9.59 Å². The van der Waals surface area contributed by atoms with E-state index in [1.54, 1.807) is 4.90 Å². The van der Waals surface area contributed by atoms with E-state index in [0.717, 1.165) is 44.0 Å². The molecule has 0 unspecified atom stereocenters. The van der Waals surface area contributed by atoms with Crippen molar-refractivity contribution in [2.24, 2.45) is 5.92 Å². The van der Waals surface area contributed by atoms with Crippen molar-refractivity contribution in [3.05, 3.63) is 59.9 Å². The van der Waals surface area contributed by atoms with Gasteiger partial charge in [-0.3, -0.25) is 14.6 Å². The first kappa shape index (κ1) is 18.6. The van der Waals surface area contributed by atoms with Crippen LogP contribution in [0.25, 0.3) is 0 Å². The van der Waals surface area contributed by atoms with Crippen LogP contribution < -0.4 is 9.80 Å². The van der Waals surface area contributed by atoms with Gasteiger partial charge in [-0.25, -0.2) is 0 Å². The third-order valence-electron chi connectivity index (χ3n) is 5.81. The number of aromatic nitrogens is 1. The maximum atomic E-state index is 13.0. The monoisotopic (exact) mass is 379 g/mol. The second-order valence-corrected chi connectivity index (χ2v) is 7.85. The molecule has 2 aliphatic rings. The molecule has 2 fully saturated rings. The minimum Gasteiger partial charge on any atom is -0.331 e. The Morgan fingerprint density at radius 3 is 2.46 bits per heavy atom. The topological polar surface area (TPSA) is 58.0 Å². The third-order valence-corrected chi connectivity index (χ3v) is 5.81. The molecule has 146 valence electrons. The van der Waals surface area contributed by atoms with Crippen LogP contribution in [0.5, 0.6) is 0 Å². The number of rotatable bonds is 4. The molecule has 6 nitrogen and oxygen atoms in total. The number of amides is 2. The second kappa shape index (κ2) is 8.10. The van der Waals surface area contributed by atoms with Crippen molar-refractivity contribution in [1.29, 1.82) is 0 Å². The Labute approximate surface area is 165 Å². The van der Waals surface area contributed by atoms with Crippen molar-refractivity contribution in [2.75, 3.05) is 37.6 Å². The number of anilines is 1. The average molecular weight is 379 g/mol. The van der Waals surface area contributed by atoms with Gasteiger partial charge in [0.05, 0.1) is 32.1 Å². The molecular formula is C22H27N4O2+. The van der Waals surface area contributed by atoms with E-state index in [1.165, 1.54) is 10.5 Å². The number of benzene rings is 1. The number of pyridine rings is 1. The molecule has 0 aliphatic carbocycles. The Morgan fingerprint density at radius 2 is 1.79 bits per heavy atom. The fraction of sp³-hybridized carbons (Fsp3) is 0.409. The number of carbonyl (C=O) groups excluding carboxylic acids is 2. The first-order chi connectivity index (χ1) is 13.6. The quantitative estimate of drug-likeness (QED) is 0.850. The van der Waals surface area contributed by atoms with E-state index in [0.29, 0.717) is 13.0 Å². The summed E-state index contributed by atoms with van der Waals surface area (Å²) in [6.45, 7) is 6.88. The summed E-state index contributed by atoms with van der Waals surface area (Å²) in [7, 11) is 0. The van der Waals surface area contributed by atoms with Gasteiger partial charge in [0.15, 0.2) is 0 Å². The van der Waals surface area contributed by atoms with Crippen LogP contribution in [-0.2, 0) is 16.1 Å². The highest BCUT2D eigenvalue weighted by Gasteiger charge is 2.38. The lowest BCUT2D eigenvalue weighted by molar-refractivity contribution is -0.917. The second-order valence-electron chi connectivity index (χ2n) is 7.85. The molecular weight excluding hydrogens is 352 g/mol. The highest BCUT2D eigenvalue weighted by molar-refractivity contribution is 6.00. The summed E-state index contributed by atoms with van der Waals surface area (Å²) >= 11 is 0. The standard InChI is InChI=1S/C22H26N4O2/c1-17-2-4-20(5-3-17)26-16-19(14-21(26)27)22(28)25-12-10-24(11-13-25)15-18-6-8-23-9-7-18/h2-9,19H,10-16H2,1H3/p+1/t19-/m1/s1. The SMILES string of the molecule is Cc1ccc(N2C[C@H](C(=O)N3CC[NH+](Cc4ccncc4)CC3)CC2=O)cc1. The number of hydrogen-bond acceptors (Lipinski definition) is 3. The summed E-state index contributed by atoms with van der Waals surface area (Å²) in [6, 6.07) is 12.0. The van der Waals surface area contributed by atoms with E-state index in [1.807, 2.05) is 60.6 Å². The summed E-state index contributed by atoms with van der Waals surface area (Å²) in [5.41, 5.74) is 3.33. The highest BCUT2D eigenvalue weighted by Crippen LogP contribution is 2.26. The number of carbonyl (C=O) groups is 2. The van der Waals surface area contributed by atoms with Crippen LogP contribution >= 0.6 is 0 Å². The fourth-order valence-corrected chi connectivity index (χ4v) is 4.11. The van der Waals surface area contributed by atoms with Gasteiger partial charge < -0.3 is 14.7 Å². The minimum absolute atomic E-state index is 0.0455. The van der Waals surface area contributed by atoms with Crippen molar-refractivity contribution in [1.82, 2.24) is 9.88 Å². The number of quaternary nitrogens is 1. The number of piperazine rings is 1. The van der Waals surface area contributed by atoms with E-state index in [4.69, 9.17) is 0 Å². The molecule has 6 heteroatoms. The Kier molecular flexibility index (Phi) is 5.39. The van der Waals surface area contributed by atoms with Crippen LogP contribution in [-0.4, -0.2) is 54.4 Å². The molecule has 1 atom stereocenters. The number of aryl methyl sites for hydroxylation is 1. The van der Waals surface area contributed by atoms with Gasteiger partial charge >= 0.3 is 0 Å². The molecule has 1 aromatic carbocycles. The van der Waals surface area contributed by atoms with Crippen LogP contribution in [0, 0.1) is 12.8 Å². The molecule has 2 aliphatic heterocycles. The zero-order valence-corrected chi connectivity index (χ0v) is 16.3. The Bertz CT molecular complexity index is 829. The first-order valence-electron chi connectivity index (χ1n) is 9.98. The van der Waals surface area contributed by atoms with E-state index < -0.39 is 0 Å². The lowest BCUT2D eigenvalue weighted by Gasteiger charge is -2.33. The maximum absolute atomic E-state index is 13.0. The van der Waals surface area contributed by atoms with Crippen molar-refractivity contribution >= 4 is 17.5 Å². The van der Waals surface area contributed by atoms with Crippen LogP contribution in [0.3, 0.4) is 0 Å². The van der Waals surface area contributed by atoms with Gasteiger partial charge in [0, 0.05) is 36.6 Å². The third kappa shape index (κ3) is 4.07. The van der Waals surface area contributed by atoms with Crippen molar-refractivity contribution in [3.63, 3.8) is 0 Å². The molecule has 2 aromatic rings. The minimum atomic E-state index is -0.226. The summed E-state index contributed by atoms with van der Waals surface area (Å²) in [5, 5.41) is 0. The molecule has 0 bridgehead atoms. The number of nitrogens with zero attached hydrogens (tertiary/aromatic N) is 3. The Hall–Kier alpha value is -2.73. The van der Waals surface area contributed by atoms with Crippen LogP contribution in [0.15, 0.2) is 48.8 Å².